The fourth-order valence-corrected chi connectivity index (χ4v) is 3.25. The van der Waals surface area contributed by atoms with Crippen molar-refractivity contribution in [2.45, 2.75) is 45.6 Å². The number of nitrogens with one attached hydrogen (secondary N) is 1. The lowest BCUT2D eigenvalue weighted by atomic mass is 10.1. The third-order valence-corrected chi connectivity index (χ3v) is 4.90. The lowest BCUT2D eigenvalue weighted by Gasteiger charge is -2.18. The summed E-state index contributed by atoms with van der Waals surface area (Å²) in [4.78, 5) is 0. The molecular formula is C16H24FNO2S. The highest BCUT2D eigenvalue weighted by Gasteiger charge is 2.24. The van der Waals surface area contributed by atoms with Crippen LogP contribution in [0.25, 0.3) is 0 Å². The topological polar surface area (TPSA) is 44.3 Å². The zero-order valence-corrected chi connectivity index (χ0v) is 13.5. The van der Waals surface area contributed by atoms with Gasteiger partial charge in [0.25, 0.3) is 0 Å². The van der Waals surface area contributed by atoms with Gasteiger partial charge in [-0.1, -0.05) is 25.5 Å². The van der Waals surface area contributed by atoms with Gasteiger partial charge in [-0.05, 0) is 38.2 Å². The molecule has 5 heteroatoms. The van der Waals surface area contributed by atoms with E-state index in [1.54, 1.807) is 18.2 Å². The molecule has 1 aromatic carbocycles. The van der Waals surface area contributed by atoms with Gasteiger partial charge in [-0.2, -0.15) is 0 Å². The molecule has 0 radical (unpaired) electrons. The van der Waals surface area contributed by atoms with Crippen molar-refractivity contribution in [3.8, 4) is 5.75 Å². The van der Waals surface area contributed by atoms with Gasteiger partial charge < -0.3 is 9.29 Å². The third kappa shape index (κ3) is 5.16. The molecule has 0 aliphatic heterocycles. The number of unbranched alkanes of at least 4 members (excludes halogenated alkanes) is 1. The third-order valence-electron chi connectivity index (χ3n) is 3.62. The first-order valence-corrected chi connectivity index (χ1v) is 8.99. The summed E-state index contributed by atoms with van der Waals surface area (Å²) >= 11 is -1.12. The highest BCUT2D eigenvalue weighted by molar-refractivity contribution is 7.89. The molecule has 1 aliphatic carbocycles. The van der Waals surface area contributed by atoms with Crippen LogP contribution in [0.15, 0.2) is 18.2 Å². The van der Waals surface area contributed by atoms with E-state index in [4.69, 9.17) is 4.74 Å². The highest BCUT2D eigenvalue weighted by Crippen LogP contribution is 2.31. The predicted octanol–water partition coefficient (Wildman–Crippen LogP) is 3.73. The maximum atomic E-state index is 14.4. The summed E-state index contributed by atoms with van der Waals surface area (Å²) in [5.74, 6) is 1.14. The van der Waals surface area contributed by atoms with Gasteiger partial charge in [0.1, 0.15) is 5.75 Å². The van der Waals surface area contributed by atoms with E-state index in [0.29, 0.717) is 29.6 Å². The quantitative estimate of drug-likeness (QED) is 0.707. The summed E-state index contributed by atoms with van der Waals surface area (Å²) in [5.41, 5.74) is 0.508. The Bertz CT molecular complexity index is 454. The molecule has 0 aromatic heterocycles. The Balaban J connectivity index is 1.95. The molecule has 1 aromatic rings. The first-order chi connectivity index (χ1) is 10.1. The van der Waals surface area contributed by atoms with Crippen molar-refractivity contribution in [1.82, 2.24) is 4.72 Å². The smallest absolute Gasteiger partial charge is 0.169 e. The molecule has 0 saturated heterocycles. The summed E-state index contributed by atoms with van der Waals surface area (Å²) < 4.78 is 34.8. The Labute approximate surface area is 129 Å². The van der Waals surface area contributed by atoms with Gasteiger partial charge in [0, 0.05) is 16.9 Å². The lowest BCUT2D eigenvalue weighted by molar-refractivity contribution is 0.284. The zero-order chi connectivity index (χ0) is 15.2. The molecule has 0 bridgehead atoms. The molecule has 1 aliphatic rings. The largest absolute Gasteiger partial charge is 0.598 e. The molecule has 2 atom stereocenters. The van der Waals surface area contributed by atoms with E-state index in [2.05, 4.69) is 11.6 Å². The van der Waals surface area contributed by atoms with Gasteiger partial charge in [0.05, 0.1) is 12.6 Å². The molecule has 0 amide bonds. The molecule has 1 unspecified atom stereocenters. The van der Waals surface area contributed by atoms with Crippen LogP contribution in [-0.2, 0) is 11.4 Å². The van der Waals surface area contributed by atoms with Crippen LogP contribution < -0.4 is 9.46 Å². The second-order valence-electron chi connectivity index (χ2n) is 5.66. The van der Waals surface area contributed by atoms with Gasteiger partial charge >= 0.3 is 0 Å². The summed E-state index contributed by atoms with van der Waals surface area (Å²) in [6, 6.07) is 4.86. The standard InChI is InChI=1S/C16H24FNO2S/c1-3-4-10-21(19)18-12(2)14-6-5-7-15(16(14)17)20-11-13-8-9-13/h5-7,12-13,18H,3-4,8-11H2,1-2H3/t12-,21?/m0/s1. The molecule has 1 N–H and O–H groups in total. The molecule has 118 valence electrons. The molecule has 0 heterocycles. The van der Waals surface area contributed by atoms with Crippen LogP contribution in [0, 0.1) is 11.7 Å². The predicted molar refractivity (Wildman–Crippen MR) is 84.1 cm³/mol. The first kappa shape index (κ1) is 16.6. The van der Waals surface area contributed by atoms with Gasteiger partial charge in [-0.25, -0.2) is 4.39 Å². The van der Waals surface area contributed by atoms with E-state index >= 15 is 0 Å². The minimum Gasteiger partial charge on any atom is -0.598 e. The van der Waals surface area contributed by atoms with E-state index in [1.165, 1.54) is 12.8 Å². The molecule has 21 heavy (non-hydrogen) atoms. The highest BCUT2D eigenvalue weighted by atomic mass is 32.2. The second-order valence-corrected chi connectivity index (χ2v) is 6.99. The summed E-state index contributed by atoms with van der Waals surface area (Å²) in [6.45, 7) is 4.47. The molecule has 1 fully saturated rings. The van der Waals surface area contributed by atoms with Gasteiger partial charge in [0.15, 0.2) is 11.6 Å². The summed E-state index contributed by atoms with van der Waals surface area (Å²) in [7, 11) is 0. The molecule has 2 rings (SSSR count). The monoisotopic (exact) mass is 313 g/mol. The van der Waals surface area contributed by atoms with Crippen molar-refractivity contribution in [3.05, 3.63) is 29.6 Å². The van der Waals surface area contributed by atoms with E-state index in [0.717, 1.165) is 12.8 Å². The Morgan fingerprint density at radius 1 is 1.48 bits per heavy atom. The number of ether oxygens (including phenoxy) is 1. The van der Waals surface area contributed by atoms with Crippen LogP contribution in [0.5, 0.6) is 5.75 Å². The second kappa shape index (κ2) is 8.01. The number of benzene rings is 1. The van der Waals surface area contributed by atoms with Crippen LogP contribution in [-0.4, -0.2) is 16.9 Å². The average Bonchev–Trinajstić information content (AvgIpc) is 3.28. The van der Waals surface area contributed by atoms with Crippen molar-refractivity contribution >= 4 is 11.4 Å². The van der Waals surface area contributed by atoms with Gasteiger partial charge in [-0.15, -0.1) is 4.72 Å². The Hall–Kier alpha value is -0.780. The van der Waals surface area contributed by atoms with Gasteiger partial charge in [-0.3, -0.25) is 0 Å². The van der Waals surface area contributed by atoms with Crippen LogP contribution >= 0.6 is 0 Å². The molecule has 0 spiro atoms. The minimum absolute atomic E-state index is 0.299. The van der Waals surface area contributed by atoms with Crippen molar-refractivity contribution in [1.29, 1.82) is 0 Å². The maximum absolute atomic E-state index is 14.4. The summed E-state index contributed by atoms with van der Waals surface area (Å²) in [5, 5.41) is 0. The normalized spacial score (nSPS) is 17.5. The lowest BCUT2D eigenvalue weighted by Crippen LogP contribution is -2.29. The van der Waals surface area contributed by atoms with Gasteiger partial charge in [0.2, 0.25) is 0 Å². The van der Waals surface area contributed by atoms with Crippen molar-refractivity contribution in [3.63, 3.8) is 0 Å². The fourth-order valence-electron chi connectivity index (χ4n) is 2.06. The average molecular weight is 313 g/mol. The van der Waals surface area contributed by atoms with Crippen LogP contribution in [0.4, 0.5) is 4.39 Å². The van der Waals surface area contributed by atoms with Crippen molar-refractivity contribution in [2.75, 3.05) is 12.4 Å². The molecule has 1 saturated carbocycles. The van der Waals surface area contributed by atoms with E-state index in [9.17, 15) is 8.94 Å². The van der Waals surface area contributed by atoms with Crippen LogP contribution in [0.1, 0.15) is 51.1 Å². The SMILES string of the molecule is CCCC[S+]([O-])N[C@@H](C)c1cccc(OCC2CC2)c1F. The number of hydrogen-bond acceptors (Lipinski definition) is 3. The fraction of sp³-hybridized carbons (Fsp3) is 0.625. The Kier molecular flexibility index (Phi) is 6.33. The molecule has 3 nitrogen and oxygen atoms in total. The van der Waals surface area contributed by atoms with Crippen LogP contribution in [0.2, 0.25) is 0 Å². The van der Waals surface area contributed by atoms with Crippen molar-refractivity contribution in [2.24, 2.45) is 5.92 Å². The van der Waals surface area contributed by atoms with E-state index in [1.807, 2.05) is 6.92 Å². The number of halogens is 1. The zero-order valence-electron chi connectivity index (χ0n) is 12.7. The minimum atomic E-state index is -1.12. The Morgan fingerprint density at radius 3 is 2.90 bits per heavy atom. The van der Waals surface area contributed by atoms with Crippen molar-refractivity contribution < 1.29 is 13.7 Å². The number of rotatable bonds is 9. The maximum Gasteiger partial charge on any atom is 0.169 e. The number of hydrogen-bond donors (Lipinski definition) is 1. The first-order valence-electron chi connectivity index (χ1n) is 7.67. The summed E-state index contributed by atoms with van der Waals surface area (Å²) in [6.07, 6.45) is 4.26. The Morgan fingerprint density at radius 2 is 2.24 bits per heavy atom. The van der Waals surface area contributed by atoms with E-state index < -0.39 is 11.4 Å². The van der Waals surface area contributed by atoms with Crippen LogP contribution in [0.3, 0.4) is 0 Å². The molecular weight excluding hydrogens is 289 g/mol. The van der Waals surface area contributed by atoms with E-state index in [-0.39, 0.29) is 11.9 Å².